The number of hydrogen-bond donors (Lipinski definition) is 4. The summed E-state index contributed by atoms with van der Waals surface area (Å²) >= 11 is 0. The Kier molecular flexibility index (Phi) is 10.0. The number of aliphatic carboxylic acids is 1. The van der Waals surface area contributed by atoms with Gasteiger partial charge in [0.2, 0.25) is 11.8 Å². The van der Waals surface area contributed by atoms with Crippen molar-refractivity contribution in [1.82, 2.24) is 5.48 Å². The summed E-state index contributed by atoms with van der Waals surface area (Å²) in [5, 5.41) is 15.6. The van der Waals surface area contributed by atoms with Crippen LogP contribution in [0.4, 0.5) is 0 Å². The molecule has 0 saturated heterocycles. The molecule has 7 heteroatoms. The quantitative estimate of drug-likeness (QED) is 0.354. The number of carbonyl (C=O) groups excluding carboxylic acids is 2. The van der Waals surface area contributed by atoms with Crippen LogP contribution in [0.1, 0.15) is 26.2 Å². The fourth-order valence-corrected chi connectivity index (χ4v) is 0.293. The highest BCUT2D eigenvalue weighted by Crippen LogP contribution is 1.84. The number of primary amides is 1. The van der Waals surface area contributed by atoms with Crippen LogP contribution < -0.4 is 11.2 Å². The van der Waals surface area contributed by atoms with E-state index in [1.807, 2.05) is 0 Å². The van der Waals surface area contributed by atoms with Crippen LogP contribution in [0.3, 0.4) is 0 Å². The van der Waals surface area contributed by atoms with E-state index < -0.39 is 17.8 Å². The van der Waals surface area contributed by atoms with Gasteiger partial charge in [-0.05, 0) is 0 Å². The number of carbonyl (C=O) groups is 3. The molecule has 0 radical (unpaired) electrons. The van der Waals surface area contributed by atoms with Gasteiger partial charge >= 0.3 is 5.97 Å². The molecule has 5 N–H and O–H groups in total. The molecular formula is C7H14N2O5. The molecule has 14 heavy (non-hydrogen) atoms. The Morgan fingerprint density at radius 1 is 1.29 bits per heavy atom. The van der Waals surface area contributed by atoms with Crippen molar-refractivity contribution < 1.29 is 24.7 Å². The smallest absolute Gasteiger partial charge is 0.303 e. The molecule has 0 aromatic carbocycles. The number of nitrogens with one attached hydrogen (secondary N) is 1. The normalized spacial score (nSPS) is 8.14. The highest BCUT2D eigenvalue weighted by molar-refractivity contribution is 5.82. The maximum absolute atomic E-state index is 10.1. The van der Waals surface area contributed by atoms with E-state index in [0.717, 1.165) is 0 Å². The van der Waals surface area contributed by atoms with Gasteiger partial charge in [0.15, 0.2) is 0 Å². The van der Waals surface area contributed by atoms with Gasteiger partial charge in [-0.2, -0.15) is 0 Å². The maximum atomic E-state index is 10.1. The average molecular weight is 206 g/mol. The fraction of sp³-hybridized carbons (Fsp3) is 0.571. The molecule has 82 valence electrons. The van der Waals surface area contributed by atoms with Gasteiger partial charge in [0.1, 0.15) is 0 Å². The third kappa shape index (κ3) is 16.8. The van der Waals surface area contributed by atoms with Crippen LogP contribution in [0.25, 0.3) is 0 Å². The SMILES string of the molecule is CCC(=O)O.NC(=O)CCC(=O)NO. The Balaban J connectivity index is 0. The molecule has 2 amide bonds. The number of amides is 2. The Morgan fingerprint density at radius 3 is 1.93 bits per heavy atom. The molecule has 0 aromatic heterocycles. The van der Waals surface area contributed by atoms with Crippen LogP contribution in [0.2, 0.25) is 0 Å². The first-order valence-corrected chi connectivity index (χ1v) is 3.87. The van der Waals surface area contributed by atoms with Crippen molar-refractivity contribution >= 4 is 17.8 Å². The summed E-state index contributed by atoms with van der Waals surface area (Å²) in [6.45, 7) is 1.60. The predicted octanol–water partition coefficient (Wildman–Crippen LogP) is -0.762. The zero-order valence-electron chi connectivity index (χ0n) is 7.82. The molecule has 0 spiro atoms. The Bertz CT molecular complexity index is 204. The third-order valence-corrected chi connectivity index (χ3v) is 1.03. The summed E-state index contributed by atoms with van der Waals surface area (Å²) < 4.78 is 0. The van der Waals surface area contributed by atoms with Crippen molar-refractivity contribution in [3.63, 3.8) is 0 Å². The van der Waals surface area contributed by atoms with Crippen LogP contribution in [0.15, 0.2) is 0 Å². The molecule has 0 fully saturated rings. The highest BCUT2D eigenvalue weighted by Gasteiger charge is 2.00. The molecule has 0 saturated carbocycles. The highest BCUT2D eigenvalue weighted by atomic mass is 16.5. The van der Waals surface area contributed by atoms with E-state index in [9.17, 15) is 14.4 Å². The number of hydrogen-bond acceptors (Lipinski definition) is 4. The Labute approximate surface area is 80.9 Å². The van der Waals surface area contributed by atoms with Crippen LogP contribution in [0, 0.1) is 0 Å². The average Bonchev–Trinajstić information content (AvgIpc) is 2.14. The third-order valence-electron chi connectivity index (χ3n) is 1.03. The van der Waals surface area contributed by atoms with Gasteiger partial charge in [0, 0.05) is 19.3 Å². The summed E-state index contributed by atoms with van der Waals surface area (Å²) in [6.07, 6.45) is 0.123. The van der Waals surface area contributed by atoms with E-state index in [4.69, 9.17) is 16.0 Å². The van der Waals surface area contributed by atoms with Crippen molar-refractivity contribution in [1.29, 1.82) is 0 Å². The molecule has 0 aromatic rings. The Morgan fingerprint density at radius 2 is 1.71 bits per heavy atom. The van der Waals surface area contributed by atoms with Crippen LogP contribution in [-0.2, 0) is 14.4 Å². The first kappa shape index (κ1) is 14.9. The minimum absolute atomic E-state index is 0.0353. The summed E-state index contributed by atoms with van der Waals surface area (Å²) in [4.78, 5) is 29.5. The largest absolute Gasteiger partial charge is 0.481 e. The van der Waals surface area contributed by atoms with Gasteiger partial charge in [-0.3, -0.25) is 19.6 Å². The van der Waals surface area contributed by atoms with E-state index in [0.29, 0.717) is 0 Å². The molecule has 0 aliphatic heterocycles. The maximum Gasteiger partial charge on any atom is 0.303 e. The van der Waals surface area contributed by atoms with E-state index in [-0.39, 0.29) is 19.3 Å². The zero-order valence-corrected chi connectivity index (χ0v) is 7.82. The van der Waals surface area contributed by atoms with Gasteiger partial charge < -0.3 is 10.8 Å². The Hall–Kier alpha value is -1.63. The van der Waals surface area contributed by atoms with E-state index >= 15 is 0 Å². The molecule has 0 heterocycles. The molecule has 0 aliphatic rings. The molecule has 0 atom stereocenters. The van der Waals surface area contributed by atoms with Crippen molar-refractivity contribution in [2.45, 2.75) is 26.2 Å². The minimum Gasteiger partial charge on any atom is -0.481 e. The number of carboxylic acids is 1. The van der Waals surface area contributed by atoms with E-state index in [2.05, 4.69) is 0 Å². The topological polar surface area (TPSA) is 130 Å². The van der Waals surface area contributed by atoms with E-state index in [1.165, 1.54) is 5.48 Å². The lowest BCUT2D eigenvalue weighted by molar-refractivity contribution is -0.136. The van der Waals surface area contributed by atoms with Crippen molar-refractivity contribution in [2.24, 2.45) is 5.73 Å². The zero-order chi connectivity index (χ0) is 11.6. The van der Waals surface area contributed by atoms with Crippen LogP contribution in [0.5, 0.6) is 0 Å². The van der Waals surface area contributed by atoms with Gasteiger partial charge in [0.25, 0.3) is 0 Å². The van der Waals surface area contributed by atoms with Gasteiger partial charge in [-0.15, -0.1) is 0 Å². The predicted molar refractivity (Wildman–Crippen MR) is 46.3 cm³/mol. The van der Waals surface area contributed by atoms with E-state index in [1.54, 1.807) is 6.92 Å². The monoisotopic (exact) mass is 206 g/mol. The summed E-state index contributed by atoms with van der Waals surface area (Å²) in [7, 11) is 0. The van der Waals surface area contributed by atoms with Crippen LogP contribution >= 0.6 is 0 Å². The summed E-state index contributed by atoms with van der Waals surface area (Å²) in [5.74, 6) is -1.91. The first-order valence-electron chi connectivity index (χ1n) is 3.87. The molecule has 0 bridgehead atoms. The standard InChI is InChI=1S/C4H8N2O3.C3H6O2/c5-3(7)1-2-4(8)6-9;1-2-3(4)5/h9H,1-2H2,(H2,5,7)(H,6,8);2H2,1H3,(H,4,5). The number of rotatable bonds is 4. The molecule has 0 unspecified atom stereocenters. The molecule has 0 aliphatic carbocycles. The van der Waals surface area contributed by atoms with Crippen molar-refractivity contribution in [3.05, 3.63) is 0 Å². The lowest BCUT2D eigenvalue weighted by Gasteiger charge is -1.92. The van der Waals surface area contributed by atoms with Crippen LogP contribution in [-0.4, -0.2) is 28.1 Å². The second kappa shape index (κ2) is 9.46. The van der Waals surface area contributed by atoms with Crippen molar-refractivity contribution in [3.8, 4) is 0 Å². The van der Waals surface area contributed by atoms with Crippen molar-refractivity contribution in [2.75, 3.05) is 0 Å². The number of hydroxylamine groups is 1. The lowest BCUT2D eigenvalue weighted by atomic mass is 10.3. The molecule has 7 nitrogen and oxygen atoms in total. The second-order valence-corrected chi connectivity index (χ2v) is 2.25. The molecular weight excluding hydrogens is 192 g/mol. The van der Waals surface area contributed by atoms with Gasteiger partial charge in [-0.1, -0.05) is 6.92 Å². The second-order valence-electron chi connectivity index (χ2n) is 2.25. The fourth-order valence-electron chi connectivity index (χ4n) is 0.293. The first-order chi connectivity index (χ1) is 6.43. The lowest BCUT2D eigenvalue weighted by Crippen LogP contribution is -2.21. The van der Waals surface area contributed by atoms with Gasteiger partial charge in [-0.25, -0.2) is 5.48 Å². The summed E-state index contributed by atoms with van der Waals surface area (Å²) in [6, 6.07) is 0. The number of nitrogens with two attached hydrogens (primary N) is 1. The minimum atomic E-state index is -0.745. The number of carboxylic acid groups (broad SMARTS) is 1. The van der Waals surface area contributed by atoms with Gasteiger partial charge in [0.05, 0.1) is 0 Å². The molecule has 0 rings (SSSR count). The summed E-state index contributed by atoms with van der Waals surface area (Å²) in [5.41, 5.74) is 6.07.